The highest BCUT2D eigenvalue weighted by atomic mass is 16.2. The summed E-state index contributed by atoms with van der Waals surface area (Å²) in [6, 6.07) is 15.5. The van der Waals surface area contributed by atoms with Crippen LogP contribution in [0.25, 0.3) is 0 Å². The summed E-state index contributed by atoms with van der Waals surface area (Å²) in [7, 11) is 0. The number of hydrogen-bond donors (Lipinski definition) is 1. The molecule has 4 nitrogen and oxygen atoms in total. The van der Waals surface area contributed by atoms with Crippen molar-refractivity contribution in [2.75, 3.05) is 11.4 Å². The van der Waals surface area contributed by atoms with E-state index in [-0.39, 0.29) is 11.8 Å². The summed E-state index contributed by atoms with van der Waals surface area (Å²) in [5, 5.41) is 2.89. The Kier molecular flexibility index (Phi) is 5.17. The Labute approximate surface area is 148 Å². The third kappa shape index (κ3) is 4.08. The number of nitrogens with one attached hydrogen (secondary N) is 1. The van der Waals surface area contributed by atoms with Gasteiger partial charge in [0.2, 0.25) is 11.8 Å². The van der Waals surface area contributed by atoms with Crippen molar-refractivity contribution in [1.82, 2.24) is 5.32 Å². The van der Waals surface area contributed by atoms with E-state index >= 15 is 0 Å². The number of nitrogens with zero attached hydrogens (tertiary/aromatic N) is 1. The molecule has 1 atom stereocenters. The van der Waals surface area contributed by atoms with Gasteiger partial charge in [-0.05, 0) is 55.5 Å². The molecule has 1 aliphatic rings. The van der Waals surface area contributed by atoms with Crippen LogP contribution in [0, 0.1) is 13.8 Å². The molecule has 1 aliphatic heterocycles. The standard InChI is InChI=1S/C21H24N2O2/c1-15-8-10-18(14-16(15)2)23-13-12-19(21(23)25)22-20(24)11-9-17-6-4-3-5-7-17/h3-8,10,14,19H,9,11-13H2,1-2H3,(H,22,24)/t19-/m1/s1. The van der Waals surface area contributed by atoms with Crippen molar-refractivity contribution in [3.8, 4) is 0 Å². The Morgan fingerprint density at radius 2 is 1.88 bits per heavy atom. The second-order valence-electron chi connectivity index (χ2n) is 6.65. The molecule has 25 heavy (non-hydrogen) atoms. The molecule has 1 heterocycles. The summed E-state index contributed by atoms with van der Waals surface area (Å²) < 4.78 is 0. The topological polar surface area (TPSA) is 49.4 Å². The number of rotatable bonds is 5. The third-order valence-corrected chi connectivity index (χ3v) is 4.83. The quantitative estimate of drug-likeness (QED) is 0.912. The lowest BCUT2D eigenvalue weighted by Crippen LogP contribution is -2.41. The van der Waals surface area contributed by atoms with E-state index < -0.39 is 6.04 Å². The second kappa shape index (κ2) is 7.51. The van der Waals surface area contributed by atoms with Gasteiger partial charge in [0.1, 0.15) is 6.04 Å². The van der Waals surface area contributed by atoms with Crippen LogP contribution in [0.2, 0.25) is 0 Å². The van der Waals surface area contributed by atoms with Crippen molar-refractivity contribution in [3.05, 3.63) is 65.2 Å². The van der Waals surface area contributed by atoms with Crippen LogP contribution in [0.1, 0.15) is 29.5 Å². The van der Waals surface area contributed by atoms with Gasteiger partial charge in [0.15, 0.2) is 0 Å². The van der Waals surface area contributed by atoms with Gasteiger partial charge in [-0.1, -0.05) is 36.4 Å². The van der Waals surface area contributed by atoms with Gasteiger partial charge in [0.25, 0.3) is 0 Å². The summed E-state index contributed by atoms with van der Waals surface area (Å²) in [5.74, 6) is -0.0829. The molecule has 2 aromatic carbocycles. The largest absolute Gasteiger partial charge is 0.344 e. The zero-order valence-electron chi connectivity index (χ0n) is 14.8. The van der Waals surface area contributed by atoms with Gasteiger partial charge >= 0.3 is 0 Å². The second-order valence-corrected chi connectivity index (χ2v) is 6.65. The molecule has 2 aromatic rings. The summed E-state index contributed by atoms with van der Waals surface area (Å²) >= 11 is 0. The minimum atomic E-state index is -0.412. The summed E-state index contributed by atoms with van der Waals surface area (Å²) in [4.78, 5) is 26.6. The number of aryl methyl sites for hydroxylation is 3. The van der Waals surface area contributed by atoms with Crippen LogP contribution in [0.3, 0.4) is 0 Å². The van der Waals surface area contributed by atoms with Crippen molar-refractivity contribution < 1.29 is 9.59 Å². The first-order valence-corrected chi connectivity index (χ1v) is 8.76. The van der Waals surface area contributed by atoms with Gasteiger partial charge in [0.05, 0.1) is 0 Å². The van der Waals surface area contributed by atoms with Crippen molar-refractivity contribution >= 4 is 17.5 Å². The van der Waals surface area contributed by atoms with Gasteiger partial charge in [0, 0.05) is 18.7 Å². The van der Waals surface area contributed by atoms with Gasteiger partial charge in [-0.25, -0.2) is 0 Å². The van der Waals surface area contributed by atoms with Crippen LogP contribution in [0.4, 0.5) is 5.69 Å². The number of carbonyl (C=O) groups excluding carboxylic acids is 2. The van der Waals surface area contributed by atoms with Crippen LogP contribution < -0.4 is 10.2 Å². The molecule has 0 aliphatic carbocycles. The van der Waals surface area contributed by atoms with E-state index in [0.717, 1.165) is 11.3 Å². The summed E-state index contributed by atoms with van der Waals surface area (Å²) in [5.41, 5.74) is 4.42. The fraction of sp³-hybridized carbons (Fsp3) is 0.333. The lowest BCUT2D eigenvalue weighted by atomic mass is 10.1. The lowest BCUT2D eigenvalue weighted by Gasteiger charge is -2.18. The molecule has 0 bridgehead atoms. The maximum atomic E-state index is 12.6. The van der Waals surface area contributed by atoms with Crippen LogP contribution in [0.15, 0.2) is 48.5 Å². The minimum absolute atomic E-state index is 0.0173. The Hall–Kier alpha value is -2.62. The molecule has 3 rings (SSSR count). The first kappa shape index (κ1) is 17.2. The molecular weight excluding hydrogens is 312 g/mol. The fourth-order valence-electron chi connectivity index (χ4n) is 3.13. The zero-order valence-corrected chi connectivity index (χ0v) is 14.8. The number of amides is 2. The van der Waals surface area contributed by atoms with Gasteiger partial charge < -0.3 is 10.2 Å². The predicted molar refractivity (Wildman–Crippen MR) is 99.6 cm³/mol. The molecule has 130 valence electrons. The molecular formula is C21H24N2O2. The molecule has 0 radical (unpaired) electrons. The third-order valence-electron chi connectivity index (χ3n) is 4.83. The molecule has 1 fully saturated rings. The first-order valence-electron chi connectivity index (χ1n) is 8.76. The van der Waals surface area contributed by atoms with E-state index in [4.69, 9.17) is 0 Å². The van der Waals surface area contributed by atoms with E-state index in [2.05, 4.69) is 12.2 Å². The number of benzene rings is 2. The van der Waals surface area contributed by atoms with Crippen molar-refractivity contribution in [2.45, 2.75) is 39.2 Å². The van der Waals surface area contributed by atoms with E-state index in [1.165, 1.54) is 11.1 Å². The smallest absolute Gasteiger partial charge is 0.249 e. The van der Waals surface area contributed by atoms with Gasteiger partial charge in [-0.15, -0.1) is 0 Å². The van der Waals surface area contributed by atoms with E-state index in [1.807, 2.05) is 55.5 Å². The first-order chi connectivity index (χ1) is 12.0. The van der Waals surface area contributed by atoms with Crippen LogP contribution >= 0.6 is 0 Å². The Bertz CT molecular complexity index is 771. The summed E-state index contributed by atoms with van der Waals surface area (Å²) in [6.07, 6.45) is 1.74. The molecule has 0 aromatic heterocycles. The highest BCUT2D eigenvalue weighted by Crippen LogP contribution is 2.24. The zero-order chi connectivity index (χ0) is 17.8. The maximum absolute atomic E-state index is 12.6. The molecule has 4 heteroatoms. The van der Waals surface area contributed by atoms with Crippen LogP contribution in [-0.4, -0.2) is 24.4 Å². The molecule has 1 saturated heterocycles. The number of anilines is 1. The Morgan fingerprint density at radius 1 is 1.12 bits per heavy atom. The van der Waals surface area contributed by atoms with Gasteiger partial charge in [-0.3, -0.25) is 9.59 Å². The monoisotopic (exact) mass is 336 g/mol. The average Bonchev–Trinajstić information content (AvgIpc) is 2.97. The van der Waals surface area contributed by atoms with E-state index in [9.17, 15) is 9.59 Å². The molecule has 0 spiro atoms. The SMILES string of the molecule is Cc1ccc(N2CC[C@@H](NC(=O)CCc3ccccc3)C2=O)cc1C. The Morgan fingerprint density at radius 3 is 2.60 bits per heavy atom. The van der Waals surface area contributed by atoms with Crippen LogP contribution in [-0.2, 0) is 16.0 Å². The van der Waals surface area contributed by atoms with Gasteiger partial charge in [-0.2, -0.15) is 0 Å². The number of carbonyl (C=O) groups is 2. The highest BCUT2D eigenvalue weighted by molar-refractivity contribution is 6.01. The Balaban J connectivity index is 1.56. The summed E-state index contributed by atoms with van der Waals surface area (Å²) in [6.45, 7) is 4.74. The molecule has 0 unspecified atom stereocenters. The van der Waals surface area contributed by atoms with E-state index in [1.54, 1.807) is 4.90 Å². The highest BCUT2D eigenvalue weighted by Gasteiger charge is 2.33. The number of hydrogen-bond acceptors (Lipinski definition) is 2. The predicted octanol–water partition coefficient (Wildman–Crippen LogP) is 3.16. The normalized spacial score (nSPS) is 17.0. The lowest BCUT2D eigenvalue weighted by molar-refractivity contribution is -0.126. The maximum Gasteiger partial charge on any atom is 0.249 e. The van der Waals surface area contributed by atoms with Crippen molar-refractivity contribution in [1.29, 1.82) is 0 Å². The fourth-order valence-corrected chi connectivity index (χ4v) is 3.13. The van der Waals surface area contributed by atoms with Crippen LogP contribution in [0.5, 0.6) is 0 Å². The minimum Gasteiger partial charge on any atom is -0.344 e. The van der Waals surface area contributed by atoms with Crippen molar-refractivity contribution in [2.24, 2.45) is 0 Å². The van der Waals surface area contributed by atoms with Crippen molar-refractivity contribution in [3.63, 3.8) is 0 Å². The molecule has 1 N–H and O–H groups in total. The molecule has 2 amide bonds. The van der Waals surface area contributed by atoms with E-state index in [0.29, 0.717) is 25.8 Å². The molecule has 0 saturated carbocycles. The average molecular weight is 336 g/mol.